The van der Waals surface area contributed by atoms with Crippen LogP contribution >= 0.6 is 0 Å². The highest BCUT2D eigenvalue weighted by atomic mass is 32.2. The Balaban J connectivity index is 1.95. The van der Waals surface area contributed by atoms with Crippen LogP contribution in [-0.2, 0) is 16.6 Å². The van der Waals surface area contributed by atoms with Gasteiger partial charge in [-0.25, -0.2) is 13.2 Å². The highest BCUT2D eigenvalue weighted by Gasteiger charge is 2.34. The number of benzene rings is 1. The lowest BCUT2D eigenvalue weighted by molar-refractivity contribution is 0.0692. The van der Waals surface area contributed by atoms with Crippen LogP contribution in [0.4, 0.5) is 0 Å². The Morgan fingerprint density at radius 3 is 2.46 bits per heavy atom. The fraction of sp³-hybridized carbons (Fsp3) is 0.412. The Kier molecular flexibility index (Phi) is 5.12. The summed E-state index contributed by atoms with van der Waals surface area (Å²) >= 11 is 0. The predicted octanol–water partition coefficient (Wildman–Crippen LogP) is 0.874. The number of hydrogen-bond donors (Lipinski definition) is 1. The minimum absolute atomic E-state index is 0.294. The number of hydrogen-bond acceptors (Lipinski definition) is 5. The number of carboxylic acids is 1. The molecular formula is C17H22N4O4S. The van der Waals surface area contributed by atoms with Crippen molar-refractivity contribution in [3.05, 3.63) is 47.2 Å². The first-order valence-corrected chi connectivity index (χ1v) is 9.77. The van der Waals surface area contributed by atoms with E-state index in [-0.39, 0.29) is 10.6 Å². The standard InChI is InChI=1S/C17H22N4O4S/c1-13-5-3-4-6-14(13)11-20-12-15(17(22)23)16(18-20)26(24,25)21-9-7-19(2)8-10-21/h3-6,12H,7-11H2,1-2H3,(H,22,23). The molecule has 1 saturated heterocycles. The number of aromatic nitrogens is 2. The molecule has 2 heterocycles. The molecule has 140 valence electrons. The molecule has 0 saturated carbocycles. The SMILES string of the molecule is Cc1ccccc1Cn1cc(C(=O)O)c(S(=O)(=O)N2CCN(C)CC2)n1. The first-order chi connectivity index (χ1) is 12.3. The molecule has 1 aromatic heterocycles. The van der Waals surface area contributed by atoms with Crippen molar-refractivity contribution in [2.75, 3.05) is 33.2 Å². The summed E-state index contributed by atoms with van der Waals surface area (Å²) in [5.74, 6) is -1.30. The van der Waals surface area contributed by atoms with Crippen molar-refractivity contribution >= 4 is 16.0 Å². The first kappa shape index (κ1) is 18.6. The van der Waals surface area contributed by atoms with E-state index in [0.717, 1.165) is 11.1 Å². The molecule has 26 heavy (non-hydrogen) atoms. The first-order valence-electron chi connectivity index (χ1n) is 8.33. The van der Waals surface area contributed by atoms with Crippen molar-refractivity contribution in [2.24, 2.45) is 0 Å². The average molecular weight is 378 g/mol. The van der Waals surface area contributed by atoms with Crippen molar-refractivity contribution < 1.29 is 18.3 Å². The summed E-state index contributed by atoms with van der Waals surface area (Å²) in [7, 11) is -2.03. The molecule has 3 rings (SSSR count). The fourth-order valence-corrected chi connectivity index (χ4v) is 4.45. The zero-order chi connectivity index (χ0) is 18.9. The summed E-state index contributed by atoms with van der Waals surface area (Å²) in [6.45, 7) is 4.10. The van der Waals surface area contributed by atoms with Gasteiger partial charge in [-0.2, -0.15) is 9.40 Å². The molecule has 0 amide bonds. The Bertz CT molecular complexity index is 915. The summed E-state index contributed by atoms with van der Waals surface area (Å²) in [6, 6.07) is 7.64. The number of carboxylic acid groups (broad SMARTS) is 1. The van der Waals surface area contributed by atoms with Gasteiger partial charge in [0, 0.05) is 32.4 Å². The summed E-state index contributed by atoms with van der Waals surface area (Å²) in [5, 5.41) is 13.2. The summed E-state index contributed by atoms with van der Waals surface area (Å²) in [5.41, 5.74) is 1.69. The number of nitrogens with zero attached hydrogens (tertiary/aromatic N) is 4. The minimum atomic E-state index is -3.95. The number of carbonyl (C=O) groups is 1. The lowest BCUT2D eigenvalue weighted by Crippen LogP contribution is -2.47. The average Bonchev–Trinajstić information content (AvgIpc) is 3.02. The topological polar surface area (TPSA) is 95.7 Å². The van der Waals surface area contributed by atoms with Crippen LogP contribution in [0.1, 0.15) is 21.5 Å². The number of sulfonamides is 1. The molecule has 0 radical (unpaired) electrons. The maximum Gasteiger partial charge on any atom is 0.340 e. The van der Waals surface area contributed by atoms with Crippen LogP contribution in [0.25, 0.3) is 0 Å². The molecular weight excluding hydrogens is 356 g/mol. The van der Waals surface area contributed by atoms with Crippen molar-refractivity contribution in [1.82, 2.24) is 19.0 Å². The third-order valence-corrected chi connectivity index (χ3v) is 6.43. The number of aromatic carboxylic acids is 1. The summed E-state index contributed by atoms with van der Waals surface area (Å²) in [6.07, 6.45) is 1.29. The molecule has 1 aliphatic rings. The normalized spacial score (nSPS) is 16.7. The minimum Gasteiger partial charge on any atom is -0.478 e. The molecule has 1 aliphatic heterocycles. The maximum atomic E-state index is 12.9. The molecule has 1 fully saturated rings. The predicted molar refractivity (Wildman–Crippen MR) is 95.7 cm³/mol. The van der Waals surface area contributed by atoms with Crippen LogP contribution in [0.2, 0.25) is 0 Å². The molecule has 0 aliphatic carbocycles. The monoisotopic (exact) mass is 378 g/mol. The molecule has 8 nitrogen and oxygen atoms in total. The number of rotatable bonds is 5. The molecule has 1 N–H and O–H groups in total. The van der Waals surface area contributed by atoms with Crippen LogP contribution in [-0.4, -0.2) is 71.7 Å². The van der Waals surface area contributed by atoms with E-state index in [1.165, 1.54) is 15.2 Å². The smallest absolute Gasteiger partial charge is 0.340 e. The Labute approximate surface area is 152 Å². The van der Waals surface area contributed by atoms with E-state index in [2.05, 4.69) is 5.10 Å². The van der Waals surface area contributed by atoms with Gasteiger partial charge in [-0.1, -0.05) is 24.3 Å². The second-order valence-electron chi connectivity index (χ2n) is 6.48. The lowest BCUT2D eigenvalue weighted by atomic mass is 10.1. The third kappa shape index (κ3) is 3.64. The zero-order valence-electron chi connectivity index (χ0n) is 14.8. The highest BCUT2D eigenvalue weighted by Crippen LogP contribution is 2.21. The van der Waals surface area contributed by atoms with Gasteiger partial charge >= 0.3 is 5.97 Å². The maximum absolute atomic E-state index is 12.9. The summed E-state index contributed by atoms with van der Waals surface area (Å²) in [4.78, 5) is 13.6. The van der Waals surface area contributed by atoms with Gasteiger partial charge in [0.15, 0.2) is 0 Å². The van der Waals surface area contributed by atoms with E-state index in [4.69, 9.17) is 0 Å². The van der Waals surface area contributed by atoms with E-state index in [0.29, 0.717) is 32.7 Å². The van der Waals surface area contributed by atoms with Gasteiger partial charge in [0.2, 0.25) is 5.03 Å². The van der Waals surface area contributed by atoms with Gasteiger partial charge in [0.05, 0.1) is 6.54 Å². The lowest BCUT2D eigenvalue weighted by Gasteiger charge is -2.31. The van der Waals surface area contributed by atoms with Gasteiger partial charge in [-0.15, -0.1) is 0 Å². The number of aryl methyl sites for hydroxylation is 1. The number of piperazine rings is 1. The van der Waals surface area contributed by atoms with Crippen LogP contribution in [0.15, 0.2) is 35.5 Å². The summed E-state index contributed by atoms with van der Waals surface area (Å²) < 4.78 is 28.5. The quantitative estimate of drug-likeness (QED) is 0.830. The van der Waals surface area contributed by atoms with Gasteiger partial charge in [0.25, 0.3) is 10.0 Å². The van der Waals surface area contributed by atoms with Crippen molar-refractivity contribution in [2.45, 2.75) is 18.5 Å². The third-order valence-electron chi connectivity index (χ3n) is 4.60. The largest absolute Gasteiger partial charge is 0.478 e. The van der Waals surface area contributed by atoms with E-state index in [1.807, 2.05) is 43.1 Å². The molecule has 1 aromatic carbocycles. The molecule has 2 aromatic rings. The van der Waals surface area contributed by atoms with Crippen molar-refractivity contribution in [3.63, 3.8) is 0 Å². The van der Waals surface area contributed by atoms with Crippen molar-refractivity contribution in [3.8, 4) is 0 Å². The Morgan fingerprint density at radius 2 is 1.85 bits per heavy atom. The van der Waals surface area contributed by atoms with Crippen LogP contribution < -0.4 is 0 Å². The molecule has 0 atom stereocenters. The molecule has 0 unspecified atom stereocenters. The van der Waals surface area contributed by atoms with Gasteiger partial charge < -0.3 is 10.0 Å². The number of likely N-dealkylation sites (N-methyl/N-ethyl adjacent to an activating group) is 1. The Hall–Kier alpha value is -2.23. The van der Waals surface area contributed by atoms with Gasteiger partial charge in [0.1, 0.15) is 5.56 Å². The van der Waals surface area contributed by atoms with E-state index >= 15 is 0 Å². The van der Waals surface area contributed by atoms with Crippen LogP contribution in [0.5, 0.6) is 0 Å². The van der Waals surface area contributed by atoms with E-state index < -0.39 is 16.0 Å². The second-order valence-corrected chi connectivity index (χ2v) is 8.34. The van der Waals surface area contributed by atoms with E-state index in [9.17, 15) is 18.3 Å². The highest BCUT2D eigenvalue weighted by molar-refractivity contribution is 7.89. The second kappa shape index (κ2) is 7.18. The van der Waals surface area contributed by atoms with Gasteiger partial charge in [-0.3, -0.25) is 4.68 Å². The van der Waals surface area contributed by atoms with Crippen molar-refractivity contribution in [1.29, 1.82) is 0 Å². The molecule has 0 spiro atoms. The molecule has 0 bridgehead atoms. The van der Waals surface area contributed by atoms with E-state index in [1.54, 1.807) is 0 Å². The van der Waals surface area contributed by atoms with Crippen LogP contribution in [0.3, 0.4) is 0 Å². The molecule has 9 heteroatoms. The zero-order valence-corrected chi connectivity index (χ0v) is 15.6. The fourth-order valence-electron chi connectivity index (χ4n) is 2.93. The van der Waals surface area contributed by atoms with Gasteiger partial charge in [-0.05, 0) is 25.1 Å². The Morgan fingerprint density at radius 1 is 1.19 bits per heavy atom. The van der Waals surface area contributed by atoms with Crippen LogP contribution in [0, 0.1) is 6.92 Å².